The maximum atomic E-state index is 3.47. The predicted molar refractivity (Wildman–Crippen MR) is 66.4 cm³/mol. The molecule has 1 N–H and O–H groups in total. The minimum atomic E-state index is 0.664. The lowest BCUT2D eigenvalue weighted by atomic mass is 10.0. The van der Waals surface area contributed by atoms with Crippen LogP contribution in [0, 0.1) is 0 Å². The largest absolute Gasteiger partial charge is 0.316 e. The number of hydrogen-bond acceptors (Lipinski definition) is 3. The van der Waals surface area contributed by atoms with Crippen molar-refractivity contribution in [1.82, 2.24) is 5.32 Å². The molecule has 2 atom stereocenters. The van der Waals surface area contributed by atoms with Crippen LogP contribution in [-0.2, 0) is 6.42 Å². The Bertz CT molecular complexity index is 252. The highest BCUT2D eigenvalue weighted by molar-refractivity contribution is 8.00. The molecule has 1 saturated heterocycles. The molecule has 1 aliphatic rings. The molecule has 0 saturated carbocycles. The number of thiophene rings is 1. The zero-order valence-electron chi connectivity index (χ0n) is 8.53. The molecule has 1 nitrogen and oxygen atoms in total. The summed E-state index contributed by atoms with van der Waals surface area (Å²) >= 11 is 3.94. The number of likely N-dealkylation sites (N-methyl/N-ethyl adjacent to an activating group) is 1. The maximum absolute atomic E-state index is 3.47. The number of rotatable bonds is 4. The van der Waals surface area contributed by atoms with Crippen LogP contribution in [0.4, 0.5) is 0 Å². The second-order valence-corrected chi connectivity index (χ2v) is 5.91. The Kier molecular flexibility index (Phi) is 3.90. The highest BCUT2D eigenvalue weighted by Crippen LogP contribution is 2.30. The standard InChI is InChI=1S/C11H17NS2/c1-12-10(11-3-2-5-14-11)7-9-4-6-13-8-9/h4,6,8,10-12H,2-3,5,7H2,1H3. The van der Waals surface area contributed by atoms with Gasteiger partial charge in [-0.05, 0) is 54.5 Å². The molecule has 2 heterocycles. The van der Waals surface area contributed by atoms with Gasteiger partial charge in [0.05, 0.1) is 0 Å². The van der Waals surface area contributed by atoms with Crippen LogP contribution < -0.4 is 5.32 Å². The maximum Gasteiger partial charge on any atom is 0.0224 e. The van der Waals surface area contributed by atoms with Crippen LogP contribution in [-0.4, -0.2) is 24.1 Å². The molecule has 0 aliphatic carbocycles. The van der Waals surface area contributed by atoms with E-state index >= 15 is 0 Å². The van der Waals surface area contributed by atoms with E-state index < -0.39 is 0 Å². The van der Waals surface area contributed by atoms with Gasteiger partial charge in [-0.1, -0.05) is 0 Å². The van der Waals surface area contributed by atoms with Crippen molar-refractivity contribution < 1.29 is 0 Å². The normalized spacial score (nSPS) is 23.9. The lowest BCUT2D eigenvalue weighted by molar-refractivity contribution is 0.524. The quantitative estimate of drug-likeness (QED) is 0.849. The highest BCUT2D eigenvalue weighted by atomic mass is 32.2. The molecule has 14 heavy (non-hydrogen) atoms. The minimum Gasteiger partial charge on any atom is -0.316 e. The van der Waals surface area contributed by atoms with Gasteiger partial charge in [0.2, 0.25) is 0 Å². The Morgan fingerprint density at radius 3 is 3.14 bits per heavy atom. The van der Waals surface area contributed by atoms with Crippen LogP contribution in [0.3, 0.4) is 0 Å². The van der Waals surface area contributed by atoms with E-state index in [2.05, 4.69) is 41.0 Å². The van der Waals surface area contributed by atoms with Gasteiger partial charge in [0, 0.05) is 11.3 Å². The third kappa shape index (κ3) is 2.53. The van der Waals surface area contributed by atoms with E-state index in [0.717, 1.165) is 5.25 Å². The first-order valence-corrected chi connectivity index (χ1v) is 7.19. The molecule has 3 heteroatoms. The van der Waals surface area contributed by atoms with E-state index in [1.165, 1.54) is 30.6 Å². The van der Waals surface area contributed by atoms with Gasteiger partial charge >= 0.3 is 0 Å². The van der Waals surface area contributed by atoms with Crippen molar-refractivity contribution in [2.24, 2.45) is 0 Å². The first-order chi connectivity index (χ1) is 6.90. The van der Waals surface area contributed by atoms with Crippen LogP contribution >= 0.6 is 23.1 Å². The van der Waals surface area contributed by atoms with Crippen LogP contribution in [0.2, 0.25) is 0 Å². The SMILES string of the molecule is CNC(Cc1ccsc1)C1CCCS1. The van der Waals surface area contributed by atoms with Gasteiger partial charge in [0.25, 0.3) is 0 Å². The molecule has 0 radical (unpaired) electrons. The molecule has 1 aliphatic heterocycles. The third-order valence-corrected chi connectivity index (χ3v) is 5.07. The molecule has 0 bridgehead atoms. The Morgan fingerprint density at radius 1 is 1.64 bits per heavy atom. The first kappa shape index (κ1) is 10.5. The second-order valence-electron chi connectivity index (χ2n) is 3.78. The number of thioether (sulfide) groups is 1. The van der Waals surface area contributed by atoms with Gasteiger partial charge in [-0.25, -0.2) is 0 Å². The molecule has 0 spiro atoms. The summed E-state index contributed by atoms with van der Waals surface area (Å²) in [6.45, 7) is 0. The second kappa shape index (κ2) is 5.19. The summed E-state index contributed by atoms with van der Waals surface area (Å²) < 4.78 is 0. The lowest BCUT2D eigenvalue weighted by Crippen LogP contribution is -2.36. The molecular formula is C11H17NS2. The predicted octanol–water partition coefficient (Wildman–Crippen LogP) is 2.77. The highest BCUT2D eigenvalue weighted by Gasteiger charge is 2.24. The molecule has 0 aromatic carbocycles. The summed E-state index contributed by atoms with van der Waals surface area (Å²) in [7, 11) is 2.09. The number of hydrogen-bond donors (Lipinski definition) is 1. The van der Waals surface area contributed by atoms with Gasteiger partial charge in [-0.3, -0.25) is 0 Å². The lowest BCUT2D eigenvalue weighted by Gasteiger charge is -2.21. The molecule has 78 valence electrons. The van der Waals surface area contributed by atoms with Crippen LogP contribution in [0.15, 0.2) is 16.8 Å². The number of nitrogens with one attached hydrogen (secondary N) is 1. The van der Waals surface area contributed by atoms with Crippen molar-refractivity contribution in [2.75, 3.05) is 12.8 Å². The molecular weight excluding hydrogens is 210 g/mol. The average Bonchev–Trinajstić information content (AvgIpc) is 2.86. The summed E-state index contributed by atoms with van der Waals surface area (Å²) in [5.41, 5.74) is 1.49. The topological polar surface area (TPSA) is 12.0 Å². The average molecular weight is 227 g/mol. The van der Waals surface area contributed by atoms with Gasteiger partial charge in [0.15, 0.2) is 0 Å². The molecule has 2 unspecified atom stereocenters. The fourth-order valence-electron chi connectivity index (χ4n) is 2.00. The fraction of sp³-hybridized carbons (Fsp3) is 0.636. The van der Waals surface area contributed by atoms with Crippen LogP contribution in [0.5, 0.6) is 0 Å². The molecule has 1 fully saturated rings. The molecule has 1 aromatic heterocycles. The Labute approximate surface area is 94.3 Å². The van der Waals surface area contributed by atoms with Crippen molar-refractivity contribution in [3.63, 3.8) is 0 Å². The van der Waals surface area contributed by atoms with Crippen molar-refractivity contribution in [3.05, 3.63) is 22.4 Å². The van der Waals surface area contributed by atoms with Crippen molar-refractivity contribution in [2.45, 2.75) is 30.6 Å². The molecule has 0 amide bonds. The van der Waals surface area contributed by atoms with Gasteiger partial charge < -0.3 is 5.32 Å². The minimum absolute atomic E-state index is 0.664. The monoisotopic (exact) mass is 227 g/mol. The Morgan fingerprint density at radius 2 is 2.57 bits per heavy atom. The van der Waals surface area contributed by atoms with E-state index in [0.29, 0.717) is 6.04 Å². The third-order valence-electron chi connectivity index (χ3n) is 2.82. The summed E-state index contributed by atoms with van der Waals surface area (Å²) in [6.07, 6.45) is 3.98. The smallest absolute Gasteiger partial charge is 0.0224 e. The zero-order chi connectivity index (χ0) is 9.80. The van der Waals surface area contributed by atoms with E-state index in [4.69, 9.17) is 0 Å². The van der Waals surface area contributed by atoms with Crippen molar-refractivity contribution in [3.8, 4) is 0 Å². The van der Waals surface area contributed by atoms with Crippen molar-refractivity contribution >= 4 is 23.1 Å². The van der Waals surface area contributed by atoms with Gasteiger partial charge in [-0.2, -0.15) is 23.1 Å². The summed E-state index contributed by atoms with van der Waals surface area (Å²) in [4.78, 5) is 0. The first-order valence-electron chi connectivity index (χ1n) is 5.20. The van der Waals surface area contributed by atoms with E-state index in [1.807, 2.05) is 0 Å². The molecule has 2 rings (SSSR count). The van der Waals surface area contributed by atoms with Crippen molar-refractivity contribution in [1.29, 1.82) is 0 Å². The van der Waals surface area contributed by atoms with Gasteiger partial charge in [-0.15, -0.1) is 0 Å². The Hall–Kier alpha value is 0.01000. The summed E-state index contributed by atoms with van der Waals surface area (Å²) in [6, 6.07) is 2.91. The van der Waals surface area contributed by atoms with E-state index in [-0.39, 0.29) is 0 Å². The van der Waals surface area contributed by atoms with Crippen LogP contribution in [0.1, 0.15) is 18.4 Å². The van der Waals surface area contributed by atoms with Crippen LogP contribution in [0.25, 0.3) is 0 Å². The van der Waals surface area contributed by atoms with Gasteiger partial charge in [0.1, 0.15) is 0 Å². The van der Waals surface area contributed by atoms with E-state index in [9.17, 15) is 0 Å². The summed E-state index contributed by atoms with van der Waals surface area (Å²) in [5.74, 6) is 1.35. The zero-order valence-corrected chi connectivity index (χ0v) is 10.2. The Balaban J connectivity index is 1.92. The fourth-order valence-corrected chi connectivity index (χ4v) is 4.12. The summed E-state index contributed by atoms with van der Waals surface area (Å²) in [5, 5.41) is 8.74. The van der Waals surface area contributed by atoms with E-state index in [1.54, 1.807) is 11.3 Å². The molecule has 1 aromatic rings.